The van der Waals surface area contributed by atoms with Gasteiger partial charge in [-0.25, -0.2) is 9.59 Å². The van der Waals surface area contributed by atoms with Crippen LogP contribution in [0.15, 0.2) is 30.3 Å². The van der Waals surface area contributed by atoms with E-state index >= 15 is 0 Å². The number of carbonyl (C=O) groups is 3. The average molecular weight is 392 g/mol. The Kier molecular flexibility index (Phi) is 7.25. The molecule has 8 nitrogen and oxygen atoms in total. The van der Waals surface area contributed by atoms with Gasteiger partial charge >= 0.3 is 18.2 Å². The minimum Gasteiger partial charge on any atom is -0.469 e. The van der Waals surface area contributed by atoms with E-state index in [1.54, 1.807) is 20.8 Å². The van der Waals surface area contributed by atoms with Crippen LogP contribution in [0.2, 0.25) is 0 Å². The lowest BCUT2D eigenvalue weighted by Crippen LogP contribution is -2.55. The summed E-state index contributed by atoms with van der Waals surface area (Å²) in [4.78, 5) is 38.1. The van der Waals surface area contributed by atoms with Crippen molar-refractivity contribution in [3.63, 3.8) is 0 Å². The van der Waals surface area contributed by atoms with Crippen molar-refractivity contribution in [2.45, 2.75) is 45.4 Å². The first kappa shape index (κ1) is 21.5. The molecule has 1 aromatic carbocycles. The number of amides is 2. The largest absolute Gasteiger partial charge is 0.469 e. The Bertz CT molecular complexity index is 686. The molecule has 1 aromatic rings. The minimum absolute atomic E-state index is 0.0980. The Balaban J connectivity index is 1.95. The molecule has 1 aliphatic rings. The van der Waals surface area contributed by atoms with Crippen LogP contribution in [-0.2, 0) is 25.6 Å². The molecule has 8 heteroatoms. The molecule has 0 radical (unpaired) electrons. The number of nitrogens with zero attached hydrogens (tertiary/aromatic N) is 1. The summed E-state index contributed by atoms with van der Waals surface area (Å²) < 4.78 is 15.4. The molecule has 0 bridgehead atoms. The minimum atomic E-state index is -0.699. The molecule has 2 atom stereocenters. The number of carbonyl (C=O) groups excluding carboxylic acids is 3. The number of hydrogen-bond donors (Lipinski definition) is 1. The van der Waals surface area contributed by atoms with Crippen LogP contribution in [0, 0.1) is 5.92 Å². The van der Waals surface area contributed by atoms with Crippen molar-refractivity contribution in [1.82, 2.24) is 10.2 Å². The standard InChI is InChI=1S/C20H28N2O6/c1-20(2,3)28-18(24)21-16-10-11-22(12-15(16)17(23)26-4)19(25)27-13-14-8-6-5-7-9-14/h5-9,15-16H,10-13H2,1-4H3,(H,21,24). The number of nitrogens with one attached hydrogen (secondary N) is 1. The molecule has 0 spiro atoms. The van der Waals surface area contributed by atoms with Crippen LogP contribution in [0.1, 0.15) is 32.8 Å². The lowest BCUT2D eigenvalue weighted by atomic mass is 9.92. The number of piperidine rings is 1. The molecule has 0 aromatic heterocycles. The maximum Gasteiger partial charge on any atom is 0.410 e. The molecule has 0 saturated carbocycles. The number of alkyl carbamates (subject to hydrolysis) is 1. The molecular formula is C20H28N2O6. The molecular weight excluding hydrogens is 364 g/mol. The Morgan fingerprint density at radius 2 is 1.86 bits per heavy atom. The number of benzene rings is 1. The number of hydrogen-bond acceptors (Lipinski definition) is 6. The first-order valence-corrected chi connectivity index (χ1v) is 9.22. The van der Waals surface area contributed by atoms with Crippen LogP contribution >= 0.6 is 0 Å². The van der Waals surface area contributed by atoms with Gasteiger partial charge < -0.3 is 24.4 Å². The van der Waals surface area contributed by atoms with Gasteiger partial charge in [0.05, 0.1) is 13.0 Å². The Labute approximate surface area is 165 Å². The van der Waals surface area contributed by atoms with Crippen molar-refractivity contribution in [2.75, 3.05) is 20.2 Å². The Morgan fingerprint density at radius 1 is 1.18 bits per heavy atom. The van der Waals surface area contributed by atoms with Gasteiger partial charge in [0.2, 0.25) is 0 Å². The number of ether oxygens (including phenoxy) is 3. The van der Waals surface area contributed by atoms with E-state index in [1.807, 2.05) is 30.3 Å². The number of esters is 1. The molecule has 1 N–H and O–H groups in total. The second-order valence-electron chi connectivity index (χ2n) is 7.66. The third-order valence-electron chi connectivity index (χ3n) is 4.28. The van der Waals surface area contributed by atoms with Gasteiger partial charge in [-0.2, -0.15) is 0 Å². The fourth-order valence-electron chi connectivity index (χ4n) is 2.95. The maximum atomic E-state index is 12.4. The third kappa shape index (κ3) is 6.44. The summed E-state index contributed by atoms with van der Waals surface area (Å²) in [7, 11) is 1.28. The molecule has 1 aliphatic heterocycles. The number of rotatable bonds is 4. The first-order valence-electron chi connectivity index (χ1n) is 9.22. The highest BCUT2D eigenvalue weighted by molar-refractivity contribution is 5.77. The second kappa shape index (κ2) is 9.43. The summed E-state index contributed by atoms with van der Waals surface area (Å²) in [5.74, 6) is -1.20. The number of methoxy groups -OCH3 is 1. The Morgan fingerprint density at radius 3 is 2.46 bits per heavy atom. The lowest BCUT2D eigenvalue weighted by Gasteiger charge is -2.37. The normalized spacial score (nSPS) is 19.5. The Hall–Kier alpha value is -2.77. The average Bonchev–Trinajstić information content (AvgIpc) is 2.65. The first-order chi connectivity index (χ1) is 13.2. The van der Waals surface area contributed by atoms with E-state index in [1.165, 1.54) is 12.0 Å². The van der Waals surface area contributed by atoms with Gasteiger partial charge in [-0.3, -0.25) is 4.79 Å². The van der Waals surface area contributed by atoms with Crippen LogP contribution in [0.5, 0.6) is 0 Å². The zero-order valence-corrected chi connectivity index (χ0v) is 16.8. The van der Waals surface area contributed by atoms with E-state index in [0.717, 1.165) is 5.56 Å². The molecule has 2 rings (SSSR count). The highest BCUT2D eigenvalue weighted by atomic mass is 16.6. The summed E-state index contributed by atoms with van der Waals surface area (Å²) in [5.41, 5.74) is 0.231. The SMILES string of the molecule is COC(=O)C1CN(C(=O)OCc2ccccc2)CCC1NC(=O)OC(C)(C)C. The fraction of sp³-hybridized carbons (Fsp3) is 0.550. The van der Waals surface area contributed by atoms with E-state index in [2.05, 4.69) is 5.32 Å². The molecule has 28 heavy (non-hydrogen) atoms. The van der Waals surface area contributed by atoms with Crippen molar-refractivity contribution < 1.29 is 28.6 Å². The lowest BCUT2D eigenvalue weighted by molar-refractivity contribution is -0.148. The molecule has 1 fully saturated rings. The quantitative estimate of drug-likeness (QED) is 0.625. The molecule has 2 unspecified atom stereocenters. The monoisotopic (exact) mass is 392 g/mol. The van der Waals surface area contributed by atoms with Gasteiger partial charge in [0.25, 0.3) is 0 Å². The molecule has 0 aliphatic carbocycles. The highest BCUT2D eigenvalue weighted by Gasteiger charge is 2.38. The van der Waals surface area contributed by atoms with Crippen LogP contribution in [0.4, 0.5) is 9.59 Å². The molecule has 1 heterocycles. The smallest absolute Gasteiger partial charge is 0.410 e. The van der Waals surface area contributed by atoms with Crippen molar-refractivity contribution in [2.24, 2.45) is 5.92 Å². The summed E-state index contributed by atoms with van der Waals surface area (Å²) in [6.07, 6.45) is -0.723. The van der Waals surface area contributed by atoms with Gasteiger partial charge in [-0.05, 0) is 32.8 Å². The highest BCUT2D eigenvalue weighted by Crippen LogP contribution is 2.21. The van der Waals surface area contributed by atoms with E-state index in [4.69, 9.17) is 14.2 Å². The van der Waals surface area contributed by atoms with Gasteiger partial charge in [-0.1, -0.05) is 30.3 Å². The van der Waals surface area contributed by atoms with Gasteiger partial charge in [-0.15, -0.1) is 0 Å². The number of likely N-dealkylation sites (tertiary alicyclic amines) is 1. The van der Waals surface area contributed by atoms with Crippen LogP contribution in [-0.4, -0.2) is 54.9 Å². The zero-order chi connectivity index (χ0) is 20.7. The third-order valence-corrected chi connectivity index (χ3v) is 4.28. The zero-order valence-electron chi connectivity index (χ0n) is 16.8. The molecule has 154 valence electrons. The molecule has 1 saturated heterocycles. The van der Waals surface area contributed by atoms with Crippen LogP contribution in [0.25, 0.3) is 0 Å². The van der Waals surface area contributed by atoms with Crippen LogP contribution < -0.4 is 5.32 Å². The maximum absolute atomic E-state index is 12.4. The van der Waals surface area contributed by atoms with Crippen molar-refractivity contribution in [1.29, 1.82) is 0 Å². The van der Waals surface area contributed by atoms with Gasteiger partial charge in [0.1, 0.15) is 12.2 Å². The van der Waals surface area contributed by atoms with Crippen molar-refractivity contribution >= 4 is 18.2 Å². The fourth-order valence-corrected chi connectivity index (χ4v) is 2.95. The van der Waals surface area contributed by atoms with Gasteiger partial charge in [0, 0.05) is 19.1 Å². The summed E-state index contributed by atoms with van der Waals surface area (Å²) >= 11 is 0. The second-order valence-corrected chi connectivity index (χ2v) is 7.66. The van der Waals surface area contributed by atoms with Crippen LogP contribution in [0.3, 0.4) is 0 Å². The molecule has 2 amide bonds. The van der Waals surface area contributed by atoms with E-state index in [0.29, 0.717) is 13.0 Å². The summed E-state index contributed by atoms with van der Waals surface area (Å²) in [6.45, 7) is 5.88. The van der Waals surface area contributed by atoms with E-state index in [9.17, 15) is 14.4 Å². The topological polar surface area (TPSA) is 94.2 Å². The van der Waals surface area contributed by atoms with Crippen molar-refractivity contribution in [3.05, 3.63) is 35.9 Å². The summed E-state index contributed by atoms with van der Waals surface area (Å²) in [5, 5.41) is 2.72. The van der Waals surface area contributed by atoms with E-state index in [-0.39, 0.29) is 13.2 Å². The van der Waals surface area contributed by atoms with Crippen molar-refractivity contribution in [3.8, 4) is 0 Å². The van der Waals surface area contributed by atoms with Gasteiger partial charge in [0.15, 0.2) is 0 Å². The van der Waals surface area contributed by atoms with E-state index < -0.39 is 35.7 Å². The predicted molar refractivity (Wildman–Crippen MR) is 101 cm³/mol. The predicted octanol–water partition coefficient (Wildman–Crippen LogP) is 2.71. The summed E-state index contributed by atoms with van der Waals surface area (Å²) in [6, 6.07) is 8.85.